The highest BCUT2D eigenvalue weighted by Gasteiger charge is 2.09. The Balaban J connectivity index is 0.000000151. The lowest BCUT2D eigenvalue weighted by molar-refractivity contribution is 0.791. The summed E-state index contributed by atoms with van der Waals surface area (Å²) in [6, 6.07) is 3.76. The molecule has 4 heterocycles. The zero-order valence-electron chi connectivity index (χ0n) is 14.6. The minimum absolute atomic E-state index is 0.0550. The molecule has 0 saturated heterocycles. The Kier molecular flexibility index (Phi) is 4.89. The van der Waals surface area contributed by atoms with Gasteiger partial charge in [0.15, 0.2) is 11.3 Å². The molecular weight excluding hydrogens is 468 g/mol. The highest BCUT2D eigenvalue weighted by atomic mass is 79.9. The van der Waals surface area contributed by atoms with Crippen LogP contribution in [0.3, 0.4) is 0 Å². The minimum atomic E-state index is -0.0550. The Labute approximate surface area is 165 Å². The fraction of sp³-hybridized carbons (Fsp3) is 0.250. The number of fused-ring (bicyclic) bond motifs is 2. The highest BCUT2D eigenvalue weighted by Crippen LogP contribution is 2.15. The van der Waals surface area contributed by atoms with Crippen LogP contribution in [-0.4, -0.2) is 28.2 Å². The molecule has 0 N–H and O–H groups in total. The van der Waals surface area contributed by atoms with Gasteiger partial charge in [-0.1, -0.05) is 0 Å². The van der Waals surface area contributed by atoms with Gasteiger partial charge >= 0.3 is 11.4 Å². The van der Waals surface area contributed by atoms with Crippen LogP contribution in [-0.2, 0) is 28.2 Å². The van der Waals surface area contributed by atoms with E-state index < -0.39 is 0 Å². The molecule has 0 aliphatic rings. The van der Waals surface area contributed by atoms with Gasteiger partial charge in [0.25, 0.3) is 0 Å². The van der Waals surface area contributed by atoms with E-state index in [2.05, 4.69) is 41.8 Å². The number of aromatic nitrogens is 6. The minimum Gasteiger partial charge on any atom is -0.293 e. The maximum Gasteiger partial charge on any atom is 0.329 e. The Morgan fingerprint density at radius 1 is 0.692 bits per heavy atom. The molecule has 26 heavy (non-hydrogen) atoms. The van der Waals surface area contributed by atoms with Gasteiger partial charge in [0.2, 0.25) is 0 Å². The third-order valence-corrected chi connectivity index (χ3v) is 5.00. The average Bonchev–Trinajstić information content (AvgIpc) is 2.96. The van der Waals surface area contributed by atoms with E-state index in [1.807, 2.05) is 12.1 Å². The van der Waals surface area contributed by atoms with Crippen molar-refractivity contribution in [3.63, 3.8) is 0 Å². The molecule has 10 heteroatoms. The van der Waals surface area contributed by atoms with E-state index in [9.17, 15) is 9.59 Å². The largest absolute Gasteiger partial charge is 0.329 e. The number of rotatable bonds is 0. The van der Waals surface area contributed by atoms with E-state index in [-0.39, 0.29) is 11.4 Å². The van der Waals surface area contributed by atoms with Crippen LogP contribution in [0.1, 0.15) is 0 Å². The van der Waals surface area contributed by atoms with E-state index in [0.717, 1.165) is 20.0 Å². The van der Waals surface area contributed by atoms with Crippen LogP contribution >= 0.6 is 31.9 Å². The van der Waals surface area contributed by atoms with Gasteiger partial charge in [0.05, 0.1) is 11.0 Å². The van der Waals surface area contributed by atoms with Crippen molar-refractivity contribution in [1.82, 2.24) is 28.2 Å². The van der Waals surface area contributed by atoms with Crippen LogP contribution in [0.15, 0.2) is 43.1 Å². The predicted octanol–water partition coefficient (Wildman–Crippen LogP) is 2.07. The summed E-state index contributed by atoms with van der Waals surface area (Å²) in [6.07, 6.45) is 3.36. The molecule has 4 rings (SSSR count). The highest BCUT2D eigenvalue weighted by molar-refractivity contribution is 9.10. The van der Waals surface area contributed by atoms with Crippen LogP contribution in [0.4, 0.5) is 0 Å². The summed E-state index contributed by atoms with van der Waals surface area (Å²) in [6.45, 7) is 0. The van der Waals surface area contributed by atoms with Crippen LogP contribution in [0.2, 0.25) is 0 Å². The number of aryl methyl sites for hydroxylation is 4. The molecule has 0 atom stereocenters. The molecule has 0 aliphatic carbocycles. The molecule has 0 aliphatic heterocycles. The van der Waals surface area contributed by atoms with E-state index in [0.29, 0.717) is 11.3 Å². The van der Waals surface area contributed by atoms with Crippen molar-refractivity contribution >= 4 is 54.2 Å². The van der Waals surface area contributed by atoms with E-state index >= 15 is 0 Å². The van der Waals surface area contributed by atoms with Gasteiger partial charge in [-0.3, -0.25) is 18.3 Å². The standard InChI is InChI=1S/2C8H8BrN3O/c2*1-11-6-3-5(9)4-10-7(6)12(2)8(11)13/h2*3-4H,1-2H3. The first-order chi connectivity index (χ1) is 12.2. The number of imidazole rings is 2. The van der Waals surface area contributed by atoms with Crippen LogP contribution < -0.4 is 11.4 Å². The number of hydrogen-bond acceptors (Lipinski definition) is 4. The lowest BCUT2D eigenvalue weighted by atomic mass is 10.4. The topological polar surface area (TPSA) is 79.6 Å². The Bertz CT molecular complexity index is 1150. The molecule has 4 aromatic rings. The molecule has 0 fully saturated rings. The molecule has 0 bridgehead atoms. The first-order valence-electron chi connectivity index (χ1n) is 7.56. The van der Waals surface area contributed by atoms with Crippen LogP contribution in [0.5, 0.6) is 0 Å². The monoisotopic (exact) mass is 482 g/mol. The summed E-state index contributed by atoms with van der Waals surface area (Å²) in [7, 11) is 6.90. The van der Waals surface area contributed by atoms with E-state index in [1.54, 1.807) is 49.7 Å². The number of nitrogens with zero attached hydrogens (tertiary/aromatic N) is 6. The Morgan fingerprint density at radius 3 is 1.38 bits per heavy atom. The lowest BCUT2D eigenvalue weighted by Crippen LogP contribution is -2.19. The molecule has 0 spiro atoms. The van der Waals surface area contributed by atoms with Crippen LogP contribution in [0, 0.1) is 0 Å². The molecule has 0 saturated carbocycles. The molecule has 0 amide bonds. The van der Waals surface area contributed by atoms with Crippen molar-refractivity contribution in [3.8, 4) is 0 Å². The maximum atomic E-state index is 11.5. The number of halogens is 2. The summed E-state index contributed by atoms with van der Waals surface area (Å²) in [5.74, 6) is 0. The van der Waals surface area contributed by atoms with E-state index in [4.69, 9.17) is 0 Å². The second kappa shape index (κ2) is 6.84. The molecule has 0 radical (unpaired) electrons. The summed E-state index contributed by atoms with van der Waals surface area (Å²) in [4.78, 5) is 31.3. The molecule has 4 aromatic heterocycles. The van der Waals surface area contributed by atoms with Crippen molar-refractivity contribution in [2.45, 2.75) is 0 Å². The quantitative estimate of drug-likeness (QED) is 0.383. The lowest BCUT2D eigenvalue weighted by Gasteiger charge is -1.93. The fourth-order valence-electron chi connectivity index (χ4n) is 2.69. The molecule has 0 aromatic carbocycles. The molecular formula is C16H16Br2N6O2. The number of hydrogen-bond donors (Lipinski definition) is 0. The number of pyridine rings is 2. The van der Waals surface area contributed by atoms with Crippen molar-refractivity contribution in [2.75, 3.05) is 0 Å². The molecule has 8 nitrogen and oxygen atoms in total. The summed E-state index contributed by atoms with van der Waals surface area (Å²) in [5, 5.41) is 0. The van der Waals surface area contributed by atoms with Gasteiger partial charge in [0.1, 0.15) is 0 Å². The third-order valence-electron chi connectivity index (χ3n) is 4.13. The van der Waals surface area contributed by atoms with Gasteiger partial charge in [-0.15, -0.1) is 0 Å². The Hall–Kier alpha value is -2.20. The van der Waals surface area contributed by atoms with Crippen molar-refractivity contribution in [2.24, 2.45) is 28.2 Å². The van der Waals surface area contributed by atoms with Crippen molar-refractivity contribution in [3.05, 3.63) is 54.4 Å². The summed E-state index contributed by atoms with van der Waals surface area (Å²) in [5.41, 5.74) is 2.97. The zero-order chi connectivity index (χ0) is 19.2. The molecule has 0 unspecified atom stereocenters. The third kappa shape index (κ3) is 3.03. The second-order valence-corrected chi connectivity index (χ2v) is 7.63. The Morgan fingerprint density at radius 2 is 1.04 bits per heavy atom. The van der Waals surface area contributed by atoms with Crippen LogP contribution in [0.25, 0.3) is 22.3 Å². The van der Waals surface area contributed by atoms with Gasteiger partial charge in [-0.05, 0) is 44.0 Å². The second-order valence-electron chi connectivity index (χ2n) is 5.79. The molecule has 136 valence electrons. The van der Waals surface area contributed by atoms with Gasteiger partial charge in [-0.25, -0.2) is 19.6 Å². The predicted molar refractivity (Wildman–Crippen MR) is 107 cm³/mol. The first kappa shape index (κ1) is 18.6. The fourth-order valence-corrected chi connectivity index (χ4v) is 3.33. The van der Waals surface area contributed by atoms with Crippen molar-refractivity contribution < 1.29 is 0 Å². The van der Waals surface area contributed by atoms with E-state index in [1.165, 1.54) is 9.13 Å². The van der Waals surface area contributed by atoms with Crippen molar-refractivity contribution in [1.29, 1.82) is 0 Å². The normalized spacial score (nSPS) is 11.0. The zero-order valence-corrected chi connectivity index (χ0v) is 17.7. The SMILES string of the molecule is Cn1c(=O)n(C)c2ncc(Br)cc21.Cn1c(=O)n(C)c2ncc(Br)cc21. The summed E-state index contributed by atoms with van der Waals surface area (Å²) >= 11 is 6.63. The smallest absolute Gasteiger partial charge is 0.293 e. The first-order valence-corrected chi connectivity index (χ1v) is 9.15. The average molecular weight is 484 g/mol. The van der Waals surface area contributed by atoms with Gasteiger partial charge < -0.3 is 0 Å². The van der Waals surface area contributed by atoms with Gasteiger partial charge in [-0.2, -0.15) is 0 Å². The maximum absolute atomic E-state index is 11.5. The van der Waals surface area contributed by atoms with Gasteiger partial charge in [0, 0.05) is 49.5 Å². The summed E-state index contributed by atoms with van der Waals surface area (Å²) < 4.78 is 7.96.